The number of amides is 2. The van der Waals surface area contributed by atoms with Gasteiger partial charge in [-0.1, -0.05) is 19.8 Å². The summed E-state index contributed by atoms with van der Waals surface area (Å²) in [6, 6.07) is 0. The van der Waals surface area contributed by atoms with E-state index >= 15 is 0 Å². The number of aliphatic hydroxyl groups is 1. The van der Waals surface area contributed by atoms with E-state index in [1.54, 1.807) is 6.92 Å². The Morgan fingerprint density at radius 1 is 1.16 bits per heavy atom. The van der Waals surface area contributed by atoms with Crippen LogP contribution in [-0.2, 0) is 9.59 Å². The first kappa shape index (κ1) is 17.9. The molecule has 0 saturated carbocycles. The van der Waals surface area contributed by atoms with Crippen molar-refractivity contribution in [2.24, 2.45) is 0 Å². The van der Waals surface area contributed by atoms with Gasteiger partial charge in [0.15, 0.2) is 0 Å². The van der Waals surface area contributed by atoms with Gasteiger partial charge in [0.25, 0.3) is 0 Å². The first-order valence-electron chi connectivity index (χ1n) is 7.11. The van der Waals surface area contributed by atoms with Gasteiger partial charge >= 0.3 is 0 Å². The molecular weight excluding hydrogens is 244 g/mol. The summed E-state index contributed by atoms with van der Waals surface area (Å²) >= 11 is 0. The largest absolute Gasteiger partial charge is 0.388 e. The second-order valence-corrected chi connectivity index (χ2v) is 5.32. The monoisotopic (exact) mass is 272 g/mol. The molecule has 0 heterocycles. The highest BCUT2D eigenvalue weighted by atomic mass is 16.3. The summed E-state index contributed by atoms with van der Waals surface area (Å²) in [4.78, 5) is 22.2. The Bertz CT molecular complexity index is 278. The molecule has 0 aromatic carbocycles. The zero-order valence-corrected chi connectivity index (χ0v) is 12.4. The average molecular weight is 272 g/mol. The Balaban J connectivity index is 3.52. The molecule has 1 atom stereocenters. The van der Waals surface area contributed by atoms with Crippen molar-refractivity contribution < 1.29 is 14.7 Å². The fraction of sp³-hybridized carbons (Fsp3) is 0.857. The Morgan fingerprint density at radius 2 is 1.84 bits per heavy atom. The molecule has 1 unspecified atom stereocenters. The molecule has 0 bridgehead atoms. The summed E-state index contributed by atoms with van der Waals surface area (Å²) in [6.07, 6.45) is 4.67. The van der Waals surface area contributed by atoms with Gasteiger partial charge in [0, 0.05) is 26.4 Å². The van der Waals surface area contributed by atoms with Crippen LogP contribution in [-0.4, -0.2) is 35.6 Å². The Kier molecular flexibility index (Phi) is 9.21. The quantitative estimate of drug-likeness (QED) is 0.525. The zero-order chi connectivity index (χ0) is 14.7. The number of hydrogen-bond donors (Lipinski definition) is 3. The van der Waals surface area contributed by atoms with Gasteiger partial charge in [-0.2, -0.15) is 0 Å². The number of carbonyl (C=O) groups is 2. The second-order valence-electron chi connectivity index (χ2n) is 5.32. The number of unbranched alkanes of at least 4 members (excludes halogenated alkanes) is 2. The van der Waals surface area contributed by atoms with Crippen LogP contribution in [0.15, 0.2) is 0 Å². The SMILES string of the molecule is CCCC(C)(O)CNC(=O)CCCCCNC(C)=O. The van der Waals surface area contributed by atoms with E-state index in [0.717, 1.165) is 25.7 Å². The van der Waals surface area contributed by atoms with Crippen molar-refractivity contribution in [2.45, 2.75) is 64.9 Å². The van der Waals surface area contributed by atoms with E-state index in [-0.39, 0.29) is 11.8 Å². The molecule has 0 fully saturated rings. The van der Waals surface area contributed by atoms with Crippen molar-refractivity contribution in [2.75, 3.05) is 13.1 Å². The fourth-order valence-corrected chi connectivity index (χ4v) is 1.86. The van der Waals surface area contributed by atoms with E-state index < -0.39 is 5.60 Å². The van der Waals surface area contributed by atoms with Crippen molar-refractivity contribution in [1.82, 2.24) is 10.6 Å². The van der Waals surface area contributed by atoms with Gasteiger partial charge in [0.1, 0.15) is 0 Å². The predicted molar refractivity (Wildman–Crippen MR) is 75.7 cm³/mol. The molecule has 5 heteroatoms. The van der Waals surface area contributed by atoms with E-state index in [9.17, 15) is 14.7 Å². The molecule has 19 heavy (non-hydrogen) atoms. The normalized spacial score (nSPS) is 13.7. The van der Waals surface area contributed by atoms with Gasteiger partial charge < -0.3 is 15.7 Å². The van der Waals surface area contributed by atoms with Gasteiger partial charge in [-0.25, -0.2) is 0 Å². The van der Waals surface area contributed by atoms with Gasteiger partial charge in [-0.15, -0.1) is 0 Å². The molecule has 0 aromatic heterocycles. The lowest BCUT2D eigenvalue weighted by Crippen LogP contribution is -2.40. The molecule has 0 rings (SSSR count). The lowest BCUT2D eigenvalue weighted by Gasteiger charge is -2.22. The molecule has 2 amide bonds. The molecule has 5 nitrogen and oxygen atoms in total. The molecule has 112 valence electrons. The van der Waals surface area contributed by atoms with Crippen LogP contribution in [0.2, 0.25) is 0 Å². The topological polar surface area (TPSA) is 78.4 Å². The van der Waals surface area contributed by atoms with Crippen molar-refractivity contribution in [3.8, 4) is 0 Å². The Morgan fingerprint density at radius 3 is 2.42 bits per heavy atom. The molecule has 0 aliphatic carbocycles. The minimum absolute atomic E-state index is 0.0177. The smallest absolute Gasteiger partial charge is 0.220 e. The third kappa shape index (κ3) is 11.7. The number of hydrogen-bond acceptors (Lipinski definition) is 3. The number of nitrogens with one attached hydrogen (secondary N) is 2. The van der Waals surface area contributed by atoms with Crippen molar-refractivity contribution in [1.29, 1.82) is 0 Å². The lowest BCUT2D eigenvalue weighted by molar-refractivity contribution is -0.122. The van der Waals surface area contributed by atoms with Gasteiger partial charge in [-0.05, 0) is 26.2 Å². The molecule has 0 spiro atoms. The average Bonchev–Trinajstić information content (AvgIpc) is 2.31. The summed E-state index contributed by atoms with van der Waals surface area (Å²) in [5.41, 5.74) is -0.810. The zero-order valence-electron chi connectivity index (χ0n) is 12.4. The Hall–Kier alpha value is -1.10. The minimum Gasteiger partial charge on any atom is -0.388 e. The summed E-state index contributed by atoms with van der Waals surface area (Å²) in [6.45, 7) is 6.22. The van der Waals surface area contributed by atoms with E-state index in [2.05, 4.69) is 10.6 Å². The van der Waals surface area contributed by atoms with Gasteiger partial charge in [0.05, 0.1) is 5.60 Å². The summed E-state index contributed by atoms with van der Waals surface area (Å²) < 4.78 is 0. The fourth-order valence-electron chi connectivity index (χ4n) is 1.86. The number of rotatable bonds is 10. The van der Waals surface area contributed by atoms with Crippen LogP contribution in [0.5, 0.6) is 0 Å². The van der Waals surface area contributed by atoms with E-state index in [1.807, 2.05) is 6.92 Å². The van der Waals surface area contributed by atoms with Crippen LogP contribution < -0.4 is 10.6 Å². The van der Waals surface area contributed by atoms with E-state index in [0.29, 0.717) is 25.9 Å². The van der Waals surface area contributed by atoms with Crippen molar-refractivity contribution in [3.05, 3.63) is 0 Å². The van der Waals surface area contributed by atoms with Crippen LogP contribution in [0, 0.1) is 0 Å². The Labute approximate surface area is 116 Å². The van der Waals surface area contributed by atoms with Crippen molar-refractivity contribution >= 4 is 11.8 Å². The van der Waals surface area contributed by atoms with Crippen LogP contribution in [0.25, 0.3) is 0 Å². The second kappa shape index (κ2) is 9.78. The highest BCUT2D eigenvalue weighted by Gasteiger charge is 2.19. The standard InChI is InChI=1S/C14H28N2O3/c1-4-9-14(3,19)11-16-13(18)8-6-5-7-10-15-12(2)17/h19H,4-11H2,1-3H3,(H,15,17)(H,16,18). The first-order chi connectivity index (χ1) is 8.87. The molecular formula is C14H28N2O3. The maximum Gasteiger partial charge on any atom is 0.220 e. The van der Waals surface area contributed by atoms with Gasteiger partial charge in [0.2, 0.25) is 11.8 Å². The first-order valence-corrected chi connectivity index (χ1v) is 7.11. The third-order valence-corrected chi connectivity index (χ3v) is 2.91. The molecule has 0 aromatic rings. The summed E-state index contributed by atoms with van der Waals surface area (Å²) in [7, 11) is 0. The summed E-state index contributed by atoms with van der Waals surface area (Å²) in [5.74, 6) is -0.0354. The molecule has 0 saturated heterocycles. The maximum atomic E-state index is 11.5. The minimum atomic E-state index is -0.810. The molecule has 0 radical (unpaired) electrons. The van der Waals surface area contributed by atoms with E-state index in [1.165, 1.54) is 6.92 Å². The molecule has 3 N–H and O–H groups in total. The third-order valence-electron chi connectivity index (χ3n) is 2.91. The van der Waals surface area contributed by atoms with E-state index in [4.69, 9.17) is 0 Å². The maximum absolute atomic E-state index is 11.5. The highest BCUT2D eigenvalue weighted by Crippen LogP contribution is 2.10. The van der Waals surface area contributed by atoms with Crippen LogP contribution in [0.4, 0.5) is 0 Å². The molecule has 0 aliphatic heterocycles. The van der Waals surface area contributed by atoms with Crippen LogP contribution in [0.1, 0.15) is 59.3 Å². The van der Waals surface area contributed by atoms with Crippen LogP contribution in [0.3, 0.4) is 0 Å². The predicted octanol–water partition coefficient (Wildman–Crippen LogP) is 1.35. The molecule has 0 aliphatic rings. The van der Waals surface area contributed by atoms with Crippen molar-refractivity contribution in [3.63, 3.8) is 0 Å². The summed E-state index contributed by atoms with van der Waals surface area (Å²) in [5, 5.41) is 15.4. The number of carbonyl (C=O) groups excluding carboxylic acids is 2. The van der Waals surface area contributed by atoms with Crippen LogP contribution >= 0.6 is 0 Å². The van der Waals surface area contributed by atoms with Gasteiger partial charge in [-0.3, -0.25) is 9.59 Å². The lowest BCUT2D eigenvalue weighted by atomic mass is 10.0. The highest BCUT2D eigenvalue weighted by molar-refractivity contribution is 5.75.